The fourth-order valence-corrected chi connectivity index (χ4v) is 11.4. The lowest BCUT2D eigenvalue weighted by atomic mass is 10.0. The minimum Gasteiger partial charge on any atom is -0.309 e. The third-order valence-corrected chi connectivity index (χ3v) is 14.8. The predicted octanol–water partition coefficient (Wildman–Crippen LogP) is 18.0. The molecule has 0 fully saturated rings. The smallest absolute Gasteiger partial charge is 0.129 e. The van der Waals surface area contributed by atoms with Gasteiger partial charge in [-0.15, -0.1) is 0 Å². The summed E-state index contributed by atoms with van der Waals surface area (Å²) < 4.78 is 14.7. The zero-order valence-electron chi connectivity index (χ0n) is 39.0. The molecule has 3 heterocycles. The Kier molecular flexibility index (Phi) is 9.96. The average Bonchev–Trinajstić information content (AvgIpc) is 4.18. The van der Waals surface area contributed by atoms with Crippen molar-refractivity contribution >= 4 is 83.4 Å². The minimum atomic E-state index is 0.858. The largest absolute Gasteiger partial charge is 0.309 e. The van der Waals surface area contributed by atoms with E-state index in [2.05, 4.69) is 275 Å². The predicted molar refractivity (Wildman–Crippen MR) is 303 cm³/mol. The Morgan fingerprint density at radius 1 is 0.292 bits per heavy atom. The number of hydrogen-bond donors (Lipinski definition) is 0. The fourth-order valence-electron chi connectivity index (χ4n) is 10.8. The Morgan fingerprint density at radius 2 is 0.681 bits per heavy atom. The van der Waals surface area contributed by atoms with E-state index in [1.165, 1.54) is 72.0 Å². The van der Waals surface area contributed by atoms with Gasteiger partial charge < -0.3 is 14.0 Å². The molecule has 14 rings (SSSR count). The molecular weight excluding hydrogens is 895 g/mol. The number of fused-ring (bicyclic) bond motifs is 7. The first-order chi connectivity index (χ1) is 35.7. The van der Waals surface area contributed by atoms with E-state index in [0.717, 1.165) is 67.3 Å². The molecule has 0 amide bonds. The molecule has 11 aromatic carbocycles. The van der Waals surface area contributed by atoms with Gasteiger partial charge in [0.05, 0.1) is 39.5 Å². The van der Waals surface area contributed by atoms with Crippen molar-refractivity contribution in [1.82, 2.24) is 17.9 Å². The highest BCUT2D eigenvalue weighted by Crippen LogP contribution is 2.43. The van der Waals surface area contributed by atoms with Crippen LogP contribution in [0.15, 0.2) is 261 Å². The molecular formula is C66H43N5S. The van der Waals surface area contributed by atoms with E-state index in [1.54, 1.807) is 0 Å². The molecule has 3 aromatic heterocycles. The maximum absolute atomic E-state index is 5.01. The van der Waals surface area contributed by atoms with Crippen LogP contribution >= 0.6 is 11.7 Å². The lowest BCUT2D eigenvalue weighted by molar-refractivity contribution is 1.18. The minimum absolute atomic E-state index is 0.858. The molecule has 0 N–H and O–H groups in total. The highest BCUT2D eigenvalue weighted by atomic mass is 32.1. The summed E-state index contributed by atoms with van der Waals surface area (Å²) in [6, 6.07) is 93.9. The van der Waals surface area contributed by atoms with E-state index in [4.69, 9.17) is 8.75 Å². The van der Waals surface area contributed by atoms with Gasteiger partial charge in [-0.1, -0.05) is 170 Å². The van der Waals surface area contributed by atoms with Crippen molar-refractivity contribution < 1.29 is 0 Å². The van der Waals surface area contributed by atoms with E-state index < -0.39 is 0 Å². The molecule has 14 aromatic rings. The molecule has 0 radical (unpaired) electrons. The molecule has 0 aliphatic rings. The summed E-state index contributed by atoms with van der Waals surface area (Å²) in [4.78, 5) is 2.32. The molecule has 0 atom stereocenters. The van der Waals surface area contributed by atoms with E-state index in [-0.39, 0.29) is 0 Å². The topological polar surface area (TPSA) is 38.9 Å². The molecule has 0 spiro atoms. The third-order valence-electron chi connectivity index (χ3n) is 14.2. The number of benzene rings is 11. The van der Waals surface area contributed by atoms with Gasteiger partial charge in [0.1, 0.15) is 11.0 Å². The SMILES string of the molecule is c1ccc(-c2ccc(N(c3ccc(-c4ccc5c(c4)c4ccccc4n5-c4ccc(-c5ccccc5)cc4)cc3)c3ccc(-c4ccc(-n5c6ccccc6c6ccccc65)cc4)c4nsnc34)cc2)cc1. The number of nitrogens with zero attached hydrogens (tertiary/aromatic N) is 5. The van der Waals surface area contributed by atoms with Crippen LogP contribution in [0.4, 0.5) is 17.1 Å². The summed E-state index contributed by atoms with van der Waals surface area (Å²) in [6.07, 6.45) is 0. The molecule has 0 bridgehead atoms. The zero-order chi connectivity index (χ0) is 47.5. The maximum Gasteiger partial charge on any atom is 0.129 e. The molecule has 0 aliphatic heterocycles. The Labute approximate surface area is 420 Å². The van der Waals surface area contributed by atoms with Gasteiger partial charge in [-0.3, -0.25) is 0 Å². The van der Waals surface area contributed by atoms with Gasteiger partial charge in [0.15, 0.2) is 0 Å². The van der Waals surface area contributed by atoms with E-state index in [0.29, 0.717) is 0 Å². The highest BCUT2D eigenvalue weighted by Gasteiger charge is 2.22. The quantitative estimate of drug-likeness (QED) is 0.145. The van der Waals surface area contributed by atoms with Gasteiger partial charge >= 0.3 is 0 Å². The first-order valence-electron chi connectivity index (χ1n) is 24.3. The summed E-state index contributed by atoms with van der Waals surface area (Å²) in [5.41, 5.74) is 21.0. The summed E-state index contributed by atoms with van der Waals surface area (Å²) in [5, 5.41) is 4.95. The maximum atomic E-state index is 5.01. The van der Waals surface area contributed by atoms with Crippen LogP contribution in [0.2, 0.25) is 0 Å². The van der Waals surface area contributed by atoms with Crippen molar-refractivity contribution in [3.05, 3.63) is 261 Å². The first kappa shape index (κ1) is 41.6. The normalized spacial score (nSPS) is 11.6. The molecule has 0 unspecified atom stereocenters. The van der Waals surface area contributed by atoms with Crippen LogP contribution in [0.5, 0.6) is 0 Å². The molecule has 6 heteroatoms. The van der Waals surface area contributed by atoms with Crippen LogP contribution in [-0.4, -0.2) is 17.9 Å². The Morgan fingerprint density at radius 3 is 1.21 bits per heavy atom. The lowest BCUT2D eigenvalue weighted by Gasteiger charge is -2.26. The number of rotatable bonds is 9. The Balaban J connectivity index is 0.834. The van der Waals surface area contributed by atoms with Gasteiger partial charge in [-0.2, -0.15) is 8.75 Å². The van der Waals surface area contributed by atoms with Crippen molar-refractivity contribution in [3.63, 3.8) is 0 Å². The molecule has 0 aliphatic carbocycles. The number of anilines is 3. The van der Waals surface area contributed by atoms with Crippen LogP contribution in [0, 0.1) is 0 Å². The van der Waals surface area contributed by atoms with Crippen LogP contribution in [0.3, 0.4) is 0 Å². The number of aromatic nitrogens is 4. The second kappa shape index (κ2) is 17.2. The van der Waals surface area contributed by atoms with Crippen molar-refractivity contribution in [2.45, 2.75) is 0 Å². The van der Waals surface area contributed by atoms with Crippen molar-refractivity contribution in [1.29, 1.82) is 0 Å². The fraction of sp³-hybridized carbons (Fsp3) is 0. The van der Waals surface area contributed by atoms with Crippen LogP contribution < -0.4 is 4.90 Å². The first-order valence-corrected chi connectivity index (χ1v) is 25.0. The monoisotopic (exact) mass is 937 g/mol. The average molecular weight is 938 g/mol. The molecule has 72 heavy (non-hydrogen) atoms. The lowest BCUT2D eigenvalue weighted by Crippen LogP contribution is -2.10. The Hall–Kier alpha value is -9.36. The van der Waals surface area contributed by atoms with Crippen molar-refractivity contribution in [3.8, 4) is 55.9 Å². The Bertz CT molecular complexity index is 4230. The van der Waals surface area contributed by atoms with Gasteiger partial charge in [0, 0.05) is 49.9 Å². The molecule has 338 valence electrons. The van der Waals surface area contributed by atoms with Crippen LogP contribution in [0.25, 0.3) is 111 Å². The number of hydrogen-bond acceptors (Lipinski definition) is 4. The van der Waals surface area contributed by atoms with Gasteiger partial charge in [0.2, 0.25) is 0 Å². The number of para-hydroxylation sites is 3. The van der Waals surface area contributed by atoms with E-state index >= 15 is 0 Å². The summed E-state index contributed by atoms with van der Waals surface area (Å²) in [6.45, 7) is 0. The highest BCUT2D eigenvalue weighted by molar-refractivity contribution is 7.00. The molecule has 0 saturated carbocycles. The van der Waals surface area contributed by atoms with Crippen molar-refractivity contribution in [2.24, 2.45) is 0 Å². The van der Waals surface area contributed by atoms with Crippen molar-refractivity contribution in [2.75, 3.05) is 4.90 Å². The van der Waals surface area contributed by atoms with Gasteiger partial charge in [0.25, 0.3) is 0 Å². The van der Waals surface area contributed by atoms with Gasteiger partial charge in [-0.05, 0) is 130 Å². The second-order valence-corrected chi connectivity index (χ2v) is 18.8. The van der Waals surface area contributed by atoms with Crippen LogP contribution in [0.1, 0.15) is 0 Å². The van der Waals surface area contributed by atoms with E-state index in [1.807, 2.05) is 0 Å². The van der Waals surface area contributed by atoms with E-state index in [9.17, 15) is 0 Å². The molecule has 5 nitrogen and oxygen atoms in total. The summed E-state index contributed by atoms with van der Waals surface area (Å²) in [7, 11) is 0. The summed E-state index contributed by atoms with van der Waals surface area (Å²) >= 11 is 1.26. The second-order valence-electron chi connectivity index (χ2n) is 18.3. The van der Waals surface area contributed by atoms with Crippen LogP contribution in [-0.2, 0) is 0 Å². The molecule has 0 saturated heterocycles. The zero-order valence-corrected chi connectivity index (χ0v) is 39.8. The summed E-state index contributed by atoms with van der Waals surface area (Å²) in [5.74, 6) is 0. The third kappa shape index (κ3) is 6.99. The standard InChI is InChI=1S/C66H43N5S/c1-3-13-44(14-4-1)46-23-32-51(33-24-46)69(64-42-40-55(65-66(64)68-72-67-65)49-29-38-54(39-30-49)70-60-20-10-7-17-56(60)57-18-8-11-21-61(57)70)52-34-27-48(28-35-52)50-31-41-63-59(43-50)58-19-9-12-22-62(58)71(63)53-36-25-47(26-37-53)45-15-5-2-6-16-45/h1-43H. The van der Waals surface area contributed by atoms with Gasteiger partial charge in [-0.25, -0.2) is 0 Å².